The second kappa shape index (κ2) is 4.38. The molecular formula is C11H17N3O2. The Bertz CT molecular complexity index is 443. The number of aryl methyl sites for hydroxylation is 1. The topological polar surface area (TPSA) is 63.1 Å². The molecule has 16 heavy (non-hydrogen) atoms. The summed E-state index contributed by atoms with van der Waals surface area (Å²) in [4.78, 5) is 22.6. The van der Waals surface area contributed by atoms with Crippen LogP contribution in [-0.2, 0) is 7.05 Å². The molecule has 0 aliphatic rings. The lowest BCUT2D eigenvalue weighted by Crippen LogP contribution is -2.43. The van der Waals surface area contributed by atoms with Crippen molar-refractivity contribution in [1.29, 1.82) is 0 Å². The first-order chi connectivity index (χ1) is 7.28. The lowest BCUT2D eigenvalue weighted by Gasteiger charge is -2.20. The number of anilines is 1. The van der Waals surface area contributed by atoms with Crippen LogP contribution < -0.4 is 16.2 Å². The van der Waals surface area contributed by atoms with Gasteiger partial charge >= 0.3 is 6.03 Å². The van der Waals surface area contributed by atoms with E-state index in [1.165, 1.54) is 10.6 Å². The van der Waals surface area contributed by atoms with Gasteiger partial charge in [0.1, 0.15) is 0 Å². The molecule has 2 N–H and O–H groups in total. The van der Waals surface area contributed by atoms with Crippen LogP contribution in [0.4, 0.5) is 10.5 Å². The maximum Gasteiger partial charge on any atom is 0.319 e. The molecule has 0 saturated carbocycles. The van der Waals surface area contributed by atoms with E-state index in [0.717, 1.165) is 0 Å². The highest BCUT2D eigenvalue weighted by Crippen LogP contribution is 2.04. The van der Waals surface area contributed by atoms with Crippen LogP contribution in [0.2, 0.25) is 0 Å². The van der Waals surface area contributed by atoms with Crippen molar-refractivity contribution in [1.82, 2.24) is 9.88 Å². The smallest absolute Gasteiger partial charge is 0.319 e. The Labute approximate surface area is 94.5 Å². The normalized spacial score (nSPS) is 11.0. The molecule has 0 aliphatic carbocycles. The fraction of sp³-hybridized carbons (Fsp3) is 0.455. The van der Waals surface area contributed by atoms with Crippen molar-refractivity contribution in [3.63, 3.8) is 0 Å². The molecule has 0 saturated heterocycles. The van der Waals surface area contributed by atoms with Gasteiger partial charge < -0.3 is 15.2 Å². The summed E-state index contributed by atoms with van der Waals surface area (Å²) in [7, 11) is 1.63. The summed E-state index contributed by atoms with van der Waals surface area (Å²) >= 11 is 0. The van der Waals surface area contributed by atoms with Crippen molar-refractivity contribution in [2.75, 3.05) is 5.32 Å². The predicted octanol–water partition coefficient (Wildman–Crippen LogP) is 1.31. The number of rotatable bonds is 1. The van der Waals surface area contributed by atoms with Gasteiger partial charge in [0.15, 0.2) is 0 Å². The summed E-state index contributed by atoms with van der Waals surface area (Å²) in [5.74, 6) is 0. The number of hydrogen-bond acceptors (Lipinski definition) is 2. The van der Waals surface area contributed by atoms with Crippen molar-refractivity contribution >= 4 is 11.7 Å². The van der Waals surface area contributed by atoms with E-state index in [9.17, 15) is 9.59 Å². The van der Waals surface area contributed by atoms with Crippen LogP contribution in [0.3, 0.4) is 0 Å². The monoisotopic (exact) mass is 223 g/mol. The lowest BCUT2D eigenvalue weighted by atomic mass is 10.1. The van der Waals surface area contributed by atoms with Crippen LogP contribution >= 0.6 is 0 Å². The van der Waals surface area contributed by atoms with Gasteiger partial charge in [0.2, 0.25) is 5.56 Å². The Morgan fingerprint density at radius 1 is 1.31 bits per heavy atom. The Kier molecular flexibility index (Phi) is 3.37. The van der Waals surface area contributed by atoms with Gasteiger partial charge in [-0.1, -0.05) is 0 Å². The average Bonchev–Trinajstić information content (AvgIpc) is 2.08. The predicted molar refractivity (Wildman–Crippen MR) is 63.6 cm³/mol. The molecular weight excluding hydrogens is 206 g/mol. The molecule has 0 unspecified atom stereocenters. The molecule has 0 bridgehead atoms. The van der Waals surface area contributed by atoms with Crippen LogP contribution in [0, 0.1) is 0 Å². The standard InChI is InChI=1S/C11H17N3O2/c1-11(2,3)13-10(16)12-8-5-6-9(15)14(4)7-8/h5-7H,1-4H3,(H2,12,13,16). The van der Waals surface area contributed by atoms with Gasteiger partial charge in [-0.25, -0.2) is 4.79 Å². The third-order valence-corrected chi connectivity index (χ3v) is 1.83. The van der Waals surface area contributed by atoms with E-state index < -0.39 is 0 Å². The number of aromatic nitrogens is 1. The van der Waals surface area contributed by atoms with E-state index in [1.54, 1.807) is 19.3 Å². The third kappa shape index (κ3) is 3.76. The van der Waals surface area contributed by atoms with E-state index in [-0.39, 0.29) is 17.1 Å². The number of carbonyl (C=O) groups excluding carboxylic acids is 1. The molecule has 5 nitrogen and oxygen atoms in total. The molecule has 0 atom stereocenters. The summed E-state index contributed by atoms with van der Waals surface area (Å²) in [6.07, 6.45) is 1.57. The van der Waals surface area contributed by atoms with Gasteiger partial charge in [-0.05, 0) is 26.8 Å². The molecule has 0 fully saturated rings. The number of carbonyl (C=O) groups is 1. The molecule has 2 amide bonds. The summed E-state index contributed by atoms with van der Waals surface area (Å²) in [5, 5.41) is 5.42. The maximum absolute atomic E-state index is 11.5. The van der Waals surface area contributed by atoms with Crippen molar-refractivity contribution in [3.8, 4) is 0 Å². The van der Waals surface area contributed by atoms with Gasteiger partial charge in [0.25, 0.3) is 0 Å². The Hall–Kier alpha value is -1.78. The third-order valence-electron chi connectivity index (χ3n) is 1.83. The van der Waals surface area contributed by atoms with Gasteiger partial charge in [0.05, 0.1) is 5.69 Å². The van der Waals surface area contributed by atoms with E-state index in [1.807, 2.05) is 20.8 Å². The summed E-state index contributed by atoms with van der Waals surface area (Å²) in [5.41, 5.74) is 0.190. The Morgan fingerprint density at radius 2 is 1.94 bits per heavy atom. The van der Waals surface area contributed by atoms with Crippen molar-refractivity contribution in [2.24, 2.45) is 7.05 Å². The number of nitrogens with one attached hydrogen (secondary N) is 2. The number of hydrogen-bond donors (Lipinski definition) is 2. The van der Waals surface area contributed by atoms with E-state index in [2.05, 4.69) is 10.6 Å². The SMILES string of the molecule is Cn1cc(NC(=O)NC(C)(C)C)ccc1=O. The van der Waals surface area contributed by atoms with Gasteiger partial charge in [0, 0.05) is 24.8 Å². The number of amides is 2. The molecule has 0 radical (unpaired) electrons. The summed E-state index contributed by atoms with van der Waals surface area (Å²) in [6.45, 7) is 5.69. The first kappa shape index (κ1) is 12.3. The zero-order valence-corrected chi connectivity index (χ0v) is 10.00. The van der Waals surface area contributed by atoms with Gasteiger partial charge in [-0.15, -0.1) is 0 Å². The van der Waals surface area contributed by atoms with Crippen LogP contribution in [0.1, 0.15) is 20.8 Å². The number of urea groups is 1. The van der Waals surface area contributed by atoms with Crippen molar-refractivity contribution in [3.05, 3.63) is 28.7 Å². The number of pyridine rings is 1. The Balaban J connectivity index is 2.71. The lowest BCUT2D eigenvalue weighted by molar-refractivity contribution is 0.244. The van der Waals surface area contributed by atoms with Crippen LogP contribution in [-0.4, -0.2) is 16.1 Å². The minimum absolute atomic E-state index is 0.109. The fourth-order valence-electron chi connectivity index (χ4n) is 1.17. The average molecular weight is 223 g/mol. The van der Waals surface area contributed by atoms with Crippen LogP contribution in [0.5, 0.6) is 0 Å². The zero-order chi connectivity index (χ0) is 12.3. The highest BCUT2D eigenvalue weighted by Gasteiger charge is 2.13. The van der Waals surface area contributed by atoms with Gasteiger partial charge in [-0.2, -0.15) is 0 Å². The maximum atomic E-state index is 11.5. The van der Waals surface area contributed by atoms with Crippen LogP contribution in [0.15, 0.2) is 23.1 Å². The molecule has 88 valence electrons. The van der Waals surface area contributed by atoms with E-state index >= 15 is 0 Å². The second-order valence-corrected chi connectivity index (χ2v) is 4.70. The minimum Gasteiger partial charge on any atom is -0.333 e. The Morgan fingerprint density at radius 3 is 2.44 bits per heavy atom. The van der Waals surface area contributed by atoms with Crippen molar-refractivity contribution < 1.29 is 4.79 Å². The van der Waals surface area contributed by atoms with E-state index in [4.69, 9.17) is 0 Å². The zero-order valence-electron chi connectivity index (χ0n) is 10.00. The molecule has 1 rings (SSSR count). The second-order valence-electron chi connectivity index (χ2n) is 4.70. The van der Waals surface area contributed by atoms with Crippen molar-refractivity contribution in [2.45, 2.75) is 26.3 Å². The first-order valence-electron chi connectivity index (χ1n) is 5.04. The van der Waals surface area contributed by atoms with E-state index in [0.29, 0.717) is 5.69 Å². The quantitative estimate of drug-likeness (QED) is 0.754. The molecule has 1 aromatic rings. The van der Waals surface area contributed by atoms with Gasteiger partial charge in [-0.3, -0.25) is 4.79 Å². The fourth-order valence-corrected chi connectivity index (χ4v) is 1.17. The summed E-state index contributed by atoms with van der Waals surface area (Å²) in [6, 6.07) is 2.70. The summed E-state index contributed by atoms with van der Waals surface area (Å²) < 4.78 is 1.41. The number of nitrogens with zero attached hydrogens (tertiary/aromatic N) is 1. The molecule has 0 aromatic carbocycles. The molecule has 0 spiro atoms. The highest BCUT2D eigenvalue weighted by molar-refractivity contribution is 5.89. The minimum atomic E-state index is -0.287. The highest BCUT2D eigenvalue weighted by atomic mass is 16.2. The first-order valence-corrected chi connectivity index (χ1v) is 5.04. The molecule has 0 aliphatic heterocycles. The van der Waals surface area contributed by atoms with Crippen LogP contribution in [0.25, 0.3) is 0 Å². The molecule has 5 heteroatoms. The molecule has 1 heterocycles. The molecule has 1 aromatic heterocycles. The largest absolute Gasteiger partial charge is 0.333 e.